The van der Waals surface area contributed by atoms with E-state index in [1.807, 2.05) is 26.0 Å². The minimum absolute atomic E-state index is 0.0677. The van der Waals surface area contributed by atoms with Crippen molar-refractivity contribution >= 4 is 23.4 Å². The molecule has 0 spiro atoms. The number of hydrogen-bond donors (Lipinski definition) is 1. The molecule has 0 aliphatic heterocycles. The maximum absolute atomic E-state index is 13.8. The van der Waals surface area contributed by atoms with Gasteiger partial charge in [0.2, 0.25) is 0 Å². The van der Waals surface area contributed by atoms with Crippen LogP contribution in [0.5, 0.6) is 0 Å². The predicted molar refractivity (Wildman–Crippen MR) is 96.3 cm³/mol. The summed E-state index contributed by atoms with van der Waals surface area (Å²) in [5.41, 5.74) is 2.13. The number of benzene rings is 2. The summed E-state index contributed by atoms with van der Waals surface area (Å²) in [5.74, 6) is -0.645. The highest BCUT2D eigenvalue weighted by molar-refractivity contribution is 7.98. The Hall–Kier alpha value is -2.67. The van der Waals surface area contributed by atoms with Crippen LogP contribution in [0.1, 0.15) is 27.4 Å². The molecule has 1 aromatic heterocycles. The summed E-state index contributed by atoms with van der Waals surface area (Å²) in [4.78, 5) is 13.3. The highest BCUT2D eigenvalue weighted by atomic mass is 32.2. The minimum Gasteiger partial charge on any atom is -0.361 e. The quantitative estimate of drug-likeness (QED) is 0.630. The van der Waals surface area contributed by atoms with Crippen LogP contribution < -0.4 is 5.32 Å². The molecular weight excluding hydrogens is 358 g/mol. The second-order valence-corrected chi connectivity index (χ2v) is 6.68. The molecule has 0 radical (unpaired) electrons. The van der Waals surface area contributed by atoms with E-state index in [4.69, 9.17) is 4.52 Å². The van der Waals surface area contributed by atoms with Gasteiger partial charge in [-0.05, 0) is 38.1 Å². The van der Waals surface area contributed by atoms with E-state index >= 15 is 0 Å². The summed E-state index contributed by atoms with van der Waals surface area (Å²) >= 11 is 1.46. The van der Waals surface area contributed by atoms with Crippen molar-refractivity contribution in [2.75, 3.05) is 5.32 Å². The fourth-order valence-corrected chi connectivity index (χ4v) is 3.62. The molecule has 3 aromatic rings. The number of amides is 1. The van der Waals surface area contributed by atoms with Crippen molar-refractivity contribution in [1.29, 1.82) is 0 Å². The van der Waals surface area contributed by atoms with Gasteiger partial charge >= 0.3 is 0 Å². The van der Waals surface area contributed by atoms with Crippen molar-refractivity contribution in [2.45, 2.75) is 24.5 Å². The molecule has 7 heteroatoms. The van der Waals surface area contributed by atoms with E-state index in [9.17, 15) is 13.6 Å². The summed E-state index contributed by atoms with van der Waals surface area (Å²) in [6, 6.07) is 10.1. The standard InChI is InChI=1S/C19H16F2N2O2S/c1-11-15(12(2)25-23-11)10-26-18-6-4-3-5-14(18)19(24)22-17-8-7-13(20)9-16(17)21/h3-9H,10H2,1-2H3,(H,22,24). The number of hydrogen-bond acceptors (Lipinski definition) is 4. The van der Waals surface area contributed by atoms with Crippen molar-refractivity contribution in [1.82, 2.24) is 5.16 Å². The fourth-order valence-electron chi connectivity index (χ4n) is 2.42. The lowest BCUT2D eigenvalue weighted by Crippen LogP contribution is -2.14. The number of anilines is 1. The Balaban J connectivity index is 1.79. The van der Waals surface area contributed by atoms with E-state index in [0.29, 0.717) is 11.3 Å². The third-order valence-corrected chi connectivity index (χ3v) is 4.96. The van der Waals surface area contributed by atoms with E-state index in [1.165, 1.54) is 17.8 Å². The van der Waals surface area contributed by atoms with Gasteiger partial charge in [0, 0.05) is 22.3 Å². The van der Waals surface area contributed by atoms with Crippen LogP contribution in [-0.2, 0) is 5.75 Å². The molecule has 0 atom stereocenters. The van der Waals surface area contributed by atoms with Gasteiger partial charge in [-0.15, -0.1) is 11.8 Å². The first-order valence-corrected chi connectivity index (χ1v) is 8.84. The number of nitrogens with one attached hydrogen (secondary N) is 1. The molecule has 0 aliphatic rings. The van der Waals surface area contributed by atoms with Crippen LogP contribution in [0.15, 0.2) is 51.9 Å². The number of nitrogens with zero attached hydrogens (tertiary/aromatic N) is 1. The van der Waals surface area contributed by atoms with Gasteiger partial charge in [0.25, 0.3) is 5.91 Å². The second kappa shape index (κ2) is 7.70. The molecule has 1 heterocycles. The molecule has 0 saturated heterocycles. The van der Waals surface area contributed by atoms with Crippen LogP contribution in [0, 0.1) is 25.5 Å². The third-order valence-electron chi connectivity index (χ3n) is 3.86. The molecule has 0 saturated carbocycles. The van der Waals surface area contributed by atoms with Crippen LogP contribution in [0.25, 0.3) is 0 Å². The molecule has 0 fully saturated rings. The molecule has 4 nitrogen and oxygen atoms in total. The maximum atomic E-state index is 13.8. The largest absolute Gasteiger partial charge is 0.361 e. The van der Waals surface area contributed by atoms with Crippen LogP contribution in [-0.4, -0.2) is 11.1 Å². The van der Waals surface area contributed by atoms with Gasteiger partial charge < -0.3 is 9.84 Å². The molecule has 0 aliphatic carbocycles. The number of aromatic nitrogens is 1. The molecule has 134 valence electrons. The third kappa shape index (κ3) is 3.94. The van der Waals surface area contributed by atoms with Crippen molar-refractivity contribution < 1.29 is 18.1 Å². The molecule has 26 heavy (non-hydrogen) atoms. The van der Waals surface area contributed by atoms with E-state index in [1.54, 1.807) is 12.1 Å². The van der Waals surface area contributed by atoms with Gasteiger partial charge in [-0.2, -0.15) is 0 Å². The zero-order chi connectivity index (χ0) is 18.7. The Kier molecular flexibility index (Phi) is 5.37. The second-order valence-electron chi connectivity index (χ2n) is 5.67. The molecule has 1 N–H and O–H groups in total. The Labute approximate surface area is 153 Å². The Morgan fingerprint density at radius 3 is 2.65 bits per heavy atom. The number of halogens is 2. The highest BCUT2D eigenvalue weighted by Gasteiger charge is 2.16. The van der Waals surface area contributed by atoms with Crippen LogP contribution in [0.4, 0.5) is 14.5 Å². The number of carbonyl (C=O) groups is 1. The van der Waals surface area contributed by atoms with E-state index < -0.39 is 17.5 Å². The summed E-state index contributed by atoms with van der Waals surface area (Å²) < 4.78 is 31.9. The Bertz CT molecular complexity index is 937. The lowest BCUT2D eigenvalue weighted by Gasteiger charge is -2.10. The summed E-state index contributed by atoms with van der Waals surface area (Å²) in [6.45, 7) is 3.70. The molecule has 3 rings (SSSR count). The fraction of sp³-hybridized carbons (Fsp3) is 0.158. The van der Waals surface area contributed by atoms with Gasteiger partial charge in [0.05, 0.1) is 16.9 Å². The molecular formula is C19H16F2N2O2S. The van der Waals surface area contributed by atoms with Gasteiger partial charge in [0.15, 0.2) is 0 Å². The first kappa shape index (κ1) is 18.1. The Morgan fingerprint density at radius 2 is 1.96 bits per heavy atom. The maximum Gasteiger partial charge on any atom is 0.256 e. The number of rotatable bonds is 5. The number of carbonyl (C=O) groups excluding carboxylic acids is 1. The van der Waals surface area contributed by atoms with Crippen LogP contribution in [0.3, 0.4) is 0 Å². The Morgan fingerprint density at radius 1 is 1.19 bits per heavy atom. The molecule has 2 aromatic carbocycles. The predicted octanol–water partition coefficient (Wildman–Crippen LogP) is 5.11. The number of aryl methyl sites for hydroxylation is 2. The molecule has 0 unspecified atom stereocenters. The SMILES string of the molecule is Cc1noc(C)c1CSc1ccccc1C(=O)Nc1ccc(F)cc1F. The lowest BCUT2D eigenvalue weighted by atomic mass is 10.2. The smallest absolute Gasteiger partial charge is 0.256 e. The monoisotopic (exact) mass is 374 g/mol. The van der Waals surface area contributed by atoms with E-state index in [-0.39, 0.29) is 5.69 Å². The average molecular weight is 374 g/mol. The number of thioether (sulfide) groups is 1. The summed E-state index contributed by atoms with van der Waals surface area (Å²) in [5, 5.41) is 6.40. The van der Waals surface area contributed by atoms with Crippen LogP contribution >= 0.6 is 11.8 Å². The molecule has 0 bridgehead atoms. The summed E-state index contributed by atoms with van der Waals surface area (Å²) in [6.07, 6.45) is 0. The zero-order valence-electron chi connectivity index (χ0n) is 14.2. The van der Waals surface area contributed by atoms with Crippen LogP contribution in [0.2, 0.25) is 0 Å². The van der Waals surface area contributed by atoms with Gasteiger partial charge in [-0.3, -0.25) is 4.79 Å². The normalized spacial score (nSPS) is 10.8. The summed E-state index contributed by atoms with van der Waals surface area (Å²) in [7, 11) is 0. The average Bonchev–Trinajstić information content (AvgIpc) is 2.94. The van der Waals surface area contributed by atoms with E-state index in [0.717, 1.165) is 34.0 Å². The lowest BCUT2D eigenvalue weighted by molar-refractivity contribution is 0.102. The minimum atomic E-state index is -0.820. The van der Waals surface area contributed by atoms with Crippen molar-refractivity contribution in [2.24, 2.45) is 0 Å². The van der Waals surface area contributed by atoms with Crippen molar-refractivity contribution in [3.63, 3.8) is 0 Å². The van der Waals surface area contributed by atoms with Gasteiger partial charge in [-0.1, -0.05) is 17.3 Å². The topological polar surface area (TPSA) is 55.1 Å². The molecule has 1 amide bonds. The van der Waals surface area contributed by atoms with Gasteiger partial charge in [-0.25, -0.2) is 8.78 Å². The zero-order valence-corrected chi connectivity index (χ0v) is 15.0. The van der Waals surface area contributed by atoms with Crippen molar-refractivity contribution in [3.05, 3.63) is 76.7 Å². The first-order valence-electron chi connectivity index (χ1n) is 7.85. The first-order chi connectivity index (χ1) is 12.5. The highest BCUT2D eigenvalue weighted by Crippen LogP contribution is 2.29. The van der Waals surface area contributed by atoms with Gasteiger partial charge in [0.1, 0.15) is 17.4 Å². The van der Waals surface area contributed by atoms with E-state index in [2.05, 4.69) is 10.5 Å². The van der Waals surface area contributed by atoms with Crippen molar-refractivity contribution in [3.8, 4) is 0 Å².